The van der Waals surface area contributed by atoms with Crippen molar-refractivity contribution < 1.29 is 85.5 Å². The van der Waals surface area contributed by atoms with Gasteiger partial charge in [-0.2, -0.15) is 0 Å². The molecule has 30 heteroatoms. The van der Waals surface area contributed by atoms with Crippen molar-refractivity contribution in [2.45, 2.75) is 116 Å². The SMILES string of the molecule is CC[C@]1(OC(=O)OCc2ccc(NC(=O)[C@@H](CCCNC(N)=O)NC(=O)[C@H](NC(=O)CCOCCOCCOCCOCCNC(=O)CCN3C(=O)C=CC3=O)C(C)C)cc2)C(=O)OCc2c1cc1n(c2=O)Cc2c-1nc1cc(F)c(C)c3c1c2[C@H](NC(=O)c1ccccn1)CC3. The number of aryl methyl sites for hydroxylation is 1. The number of hydrogen-bond donors (Lipinski definition) is 7. The molecule has 516 valence electrons. The highest BCUT2D eigenvalue weighted by Crippen LogP contribution is 2.47. The Kier molecular flexibility index (Phi) is 24.3. The molecule has 2 aromatic carbocycles. The van der Waals surface area contributed by atoms with Gasteiger partial charge < -0.3 is 75.4 Å². The molecule has 3 aromatic heterocycles. The molecule has 6 heterocycles. The van der Waals surface area contributed by atoms with Crippen molar-refractivity contribution in [1.82, 2.24) is 46.0 Å². The van der Waals surface area contributed by atoms with Gasteiger partial charge >= 0.3 is 18.2 Å². The maximum Gasteiger partial charge on any atom is 0.510 e. The van der Waals surface area contributed by atoms with Crippen molar-refractivity contribution in [2.24, 2.45) is 11.7 Å². The Bertz CT molecular complexity index is 3890. The summed E-state index contributed by atoms with van der Waals surface area (Å²) in [5.41, 5.74) is 7.03. The van der Waals surface area contributed by atoms with E-state index < -0.39 is 101 Å². The van der Waals surface area contributed by atoms with Gasteiger partial charge in [-0.3, -0.25) is 48.2 Å². The molecule has 0 saturated carbocycles. The van der Waals surface area contributed by atoms with Crippen LogP contribution in [0.4, 0.5) is 19.7 Å². The number of nitrogens with zero attached hydrogens (tertiary/aromatic N) is 4. The number of urea groups is 1. The molecule has 9 amide bonds. The summed E-state index contributed by atoms with van der Waals surface area (Å²) in [5.74, 6) is -5.20. The Hall–Kier alpha value is -10.0. The molecule has 4 atom stereocenters. The van der Waals surface area contributed by atoms with E-state index in [2.05, 4.69) is 36.9 Å². The first-order valence-corrected chi connectivity index (χ1v) is 32.0. The second-order valence-electron chi connectivity index (χ2n) is 23.6. The lowest BCUT2D eigenvalue weighted by atomic mass is 9.81. The van der Waals surface area contributed by atoms with Gasteiger partial charge in [0.1, 0.15) is 36.8 Å². The fourth-order valence-electron chi connectivity index (χ4n) is 11.8. The van der Waals surface area contributed by atoms with Crippen LogP contribution in [0.25, 0.3) is 22.3 Å². The molecule has 0 fully saturated rings. The molecule has 1 aliphatic carbocycles. The van der Waals surface area contributed by atoms with Crippen molar-refractivity contribution in [3.05, 3.63) is 134 Å². The standard InChI is InChI=1S/C67H78FN11O18/c1-5-67(45-33-51-59-43(35-79(51)63(87)44(45)37-95-64(67)88)57-47(75-60(84)48-9-6-7-21-70-48)16-15-42-39(4)46(68)34-50(74-59)56(42)57)97-66(90)96-36-40-11-13-41(14-12-40)73-61(85)49(10-8-22-72-65(69)89)76-62(86)58(38(2)3)77-53(81)20-25-91-27-29-93-31-32-94-30-28-92-26-23-71-52(80)19-24-78-54(82)17-18-55(78)83/h6-7,9,11-14,17-18,21,33-34,38,47,49,58H,5,8,10,15-16,19-20,22-32,35-37H2,1-4H3,(H,71,80)(H,73,85)(H,75,84)(H,76,86)(H,77,81)(H3,69,72,89)/t47-,49-,58-,67-/m1/s1. The minimum absolute atomic E-state index is 0.000311. The first-order chi connectivity index (χ1) is 46.7. The molecule has 9 rings (SSSR count). The van der Waals surface area contributed by atoms with Gasteiger partial charge in [0.15, 0.2) is 0 Å². The summed E-state index contributed by atoms with van der Waals surface area (Å²) in [6.45, 7) is 8.07. The number of carbonyl (C=O) groups excluding carboxylic acids is 10. The molecule has 0 unspecified atom stereocenters. The van der Waals surface area contributed by atoms with Gasteiger partial charge in [0, 0.05) is 79.1 Å². The average molecular weight is 1340 g/mol. The van der Waals surface area contributed by atoms with Crippen LogP contribution in [0.2, 0.25) is 0 Å². The Morgan fingerprint density at radius 2 is 1.51 bits per heavy atom. The zero-order chi connectivity index (χ0) is 69.3. The molecular formula is C67H78FN11O18. The molecule has 97 heavy (non-hydrogen) atoms. The number of rotatable bonds is 34. The molecule has 4 aliphatic rings. The smallest absolute Gasteiger partial charge is 0.457 e. The average Bonchev–Trinajstić information content (AvgIpc) is 1.62. The number of aromatic nitrogens is 3. The Labute approximate surface area is 556 Å². The van der Waals surface area contributed by atoms with Crippen molar-refractivity contribution in [3.63, 3.8) is 0 Å². The van der Waals surface area contributed by atoms with E-state index in [9.17, 15) is 52.7 Å². The quantitative estimate of drug-likeness (QED) is 0.0172. The highest BCUT2D eigenvalue weighted by atomic mass is 19.1. The van der Waals surface area contributed by atoms with Crippen LogP contribution in [-0.2, 0) is 98.5 Å². The van der Waals surface area contributed by atoms with Gasteiger partial charge in [-0.05, 0) is 97.5 Å². The maximum absolute atomic E-state index is 15.6. The van der Waals surface area contributed by atoms with Crippen LogP contribution in [-0.4, -0.2) is 164 Å². The number of ether oxygens (including phenoxy) is 7. The summed E-state index contributed by atoms with van der Waals surface area (Å²) in [6, 6.07) is 10.5. The monoisotopic (exact) mass is 1340 g/mol. The zero-order valence-electron chi connectivity index (χ0n) is 54.2. The number of fused-ring (bicyclic) bond motifs is 5. The van der Waals surface area contributed by atoms with Gasteiger partial charge in [0.25, 0.3) is 23.3 Å². The number of anilines is 1. The topological polar surface area (TPSA) is 385 Å². The molecular weight excluding hydrogens is 1270 g/mol. The Morgan fingerprint density at radius 1 is 0.804 bits per heavy atom. The number of cyclic esters (lactones) is 1. The number of nitrogens with one attached hydrogen (secondary N) is 6. The molecule has 0 bridgehead atoms. The van der Waals surface area contributed by atoms with Crippen LogP contribution in [0.1, 0.15) is 115 Å². The first kappa shape index (κ1) is 71.3. The summed E-state index contributed by atoms with van der Waals surface area (Å²) in [6.07, 6.45) is 3.42. The highest BCUT2D eigenvalue weighted by Gasteiger charge is 2.51. The van der Waals surface area contributed by atoms with E-state index in [1.165, 1.54) is 29.0 Å². The van der Waals surface area contributed by atoms with Crippen molar-refractivity contribution in [2.75, 3.05) is 77.8 Å². The van der Waals surface area contributed by atoms with Crippen LogP contribution in [0.15, 0.2) is 77.7 Å². The van der Waals surface area contributed by atoms with Gasteiger partial charge in [0.05, 0.1) is 87.9 Å². The minimum atomic E-state index is -2.15. The summed E-state index contributed by atoms with van der Waals surface area (Å²) < 4.78 is 56.0. The number of esters is 1. The zero-order valence-corrected chi connectivity index (χ0v) is 54.2. The van der Waals surface area contributed by atoms with E-state index in [0.717, 1.165) is 22.6 Å². The predicted molar refractivity (Wildman–Crippen MR) is 343 cm³/mol. The molecule has 3 aliphatic heterocycles. The number of pyridine rings is 3. The Balaban J connectivity index is 0.738. The van der Waals surface area contributed by atoms with Crippen LogP contribution in [0, 0.1) is 18.7 Å². The second kappa shape index (κ2) is 33.1. The number of amides is 9. The number of hydrogen-bond acceptors (Lipinski definition) is 20. The highest BCUT2D eigenvalue weighted by molar-refractivity contribution is 6.13. The lowest BCUT2D eigenvalue weighted by Gasteiger charge is -2.35. The summed E-state index contributed by atoms with van der Waals surface area (Å²) in [5, 5.41) is 17.1. The third-order valence-corrected chi connectivity index (χ3v) is 16.9. The van der Waals surface area contributed by atoms with Gasteiger partial charge in [-0.1, -0.05) is 39.0 Å². The summed E-state index contributed by atoms with van der Waals surface area (Å²) in [7, 11) is 0. The number of carbonyl (C=O) groups is 10. The van der Waals surface area contributed by atoms with Crippen LogP contribution < -0.4 is 43.2 Å². The van der Waals surface area contributed by atoms with Crippen molar-refractivity contribution in [3.8, 4) is 11.4 Å². The normalized spacial score (nSPS) is 16.4. The fourth-order valence-corrected chi connectivity index (χ4v) is 11.8. The van der Waals surface area contributed by atoms with Crippen LogP contribution in [0.5, 0.6) is 0 Å². The summed E-state index contributed by atoms with van der Waals surface area (Å²) >= 11 is 0. The van der Waals surface area contributed by atoms with E-state index in [1.807, 2.05) is 0 Å². The minimum Gasteiger partial charge on any atom is -0.457 e. The molecule has 29 nitrogen and oxygen atoms in total. The molecule has 0 radical (unpaired) electrons. The third-order valence-electron chi connectivity index (χ3n) is 16.9. The number of imide groups is 1. The maximum atomic E-state index is 15.6. The number of halogens is 1. The number of benzene rings is 2. The second-order valence-corrected chi connectivity index (χ2v) is 23.6. The number of nitrogens with two attached hydrogens (primary N) is 1. The van der Waals surface area contributed by atoms with E-state index in [4.69, 9.17) is 43.9 Å². The molecule has 8 N–H and O–H groups in total. The molecule has 0 saturated heterocycles. The van der Waals surface area contributed by atoms with E-state index >= 15 is 4.39 Å². The first-order valence-electron chi connectivity index (χ1n) is 32.0. The predicted octanol–water partition coefficient (Wildman–Crippen LogP) is 3.60. The number of primary amides is 1. The van der Waals surface area contributed by atoms with Crippen molar-refractivity contribution in [1.29, 1.82) is 0 Å². The van der Waals surface area contributed by atoms with Gasteiger partial charge in [-0.15, -0.1) is 0 Å². The lowest BCUT2D eigenvalue weighted by Crippen LogP contribution is -2.54. The molecule has 0 spiro atoms. The van der Waals surface area contributed by atoms with Crippen molar-refractivity contribution >= 4 is 76.1 Å². The lowest BCUT2D eigenvalue weighted by molar-refractivity contribution is -0.175. The molecule has 5 aromatic rings. The summed E-state index contributed by atoms with van der Waals surface area (Å²) in [4.78, 5) is 153. The largest absolute Gasteiger partial charge is 0.510 e. The Morgan fingerprint density at radius 3 is 2.18 bits per heavy atom. The van der Waals surface area contributed by atoms with E-state index in [0.29, 0.717) is 51.7 Å². The van der Waals surface area contributed by atoms with Crippen LogP contribution >= 0.6 is 0 Å². The van der Waals surface area contributed by atoms with Gasteiger partial charge in [0.2, 0.25) is 29.2 Å². The third kappa shape index (κ3) is 17.5. The van der Waals surface area contributed by atoms with Crippen LogP contribution in [0.3, 0.4) is 0 Å². The van der Waals surface area contributed by atoms with Gasteiger partial charge in [-0.25, -0.2) is 23.8 Å². The van der Waals surface area contributed by atoms with E-state index in [1.54, 1.807) is 64.1 Å². The van der Waals surface area contributed by atoms with E-state index in [-0.39, 0.29) is 152 Å². The fraction of sp³-hybridized carbons (Fsp3) is 0.448.